The smallest absolute Gasteiger partial charge is 0.323 e. The first-order valence-electron chi connectivity index (χ1n) is 9.93. The molecule has 4 aromatic rings. The van der Waals surface area contributed by atoms with Gasteiger partial charge in [-0.1, -0.05) is 29.8 Å². The lowest BCUT2D eigenvalue weighted by Gasteiger charge is -2.07. The summed E-state index contributed by atoms with van der Waals surface area (Å²) < 4.78 is 40.0. The zero-order valence-electron chi connectivity index (χ0n) is 17.4. The molecule has 0 atom stereocenters. The van der Waals surface area contributed by atoms with Gasteiger partial charge in [0.15, 0.2) is 0 Å². The molecule has 0 aliphatic carbocycles. The molecule has 0 fully saturated rings. The highest BCUT2D eigenvalue weighted by Crippen LogP contribution is 2.30. The Balaban J connectivity index is 1.63. The zero-order chi connectivity index (χ0) is 22.9. The van der Waals surface area contributed by atoms with Crippen LogP contribution in [0.5, 0.6) is 0 Å². The fourth-order valence-electron chi connectivity index (χ4n) is 3.33. The molecule has 0 bridgehead atoms. The summed E-state index contributed by atoms with van der Waals surface area (Å²) in [5.41, 5.74) is 4.83. The van der Waals surface area contributed by atoms with Gasteiger partial charge in [-0.05, 0) is 61.9 Å². The number of halogens is 3. The number of carbonyl (C=O) groups is 1. The van der Waals surface area contributed by atoms with Gasteiger partial charge in [0.25, 0.3) is 0 Å². The van der Waals surface area contributed by atoms with Crippen molar-refractivity contribution in [3.05, 3.63) is 95.3 Å². The van der Waals surface area contributed by atoms with Crippen molar-refractivity contribution in [2.75, 3.05) is 5.32 Å². The van der Waals surface area contributed by atoms with Crippen molar-refractivity contribution < 1.29 is 18.0 Å². The lowest BCUT2D eigenvalue weighted by Crippen LogP contribution is -2.09. The number of pyridine rings is 1. The van der Waals surface area contributed by atoms with Crippen LogP contribution in [0.1, 0.15) is 22.4 Å². The van der Waals surface area contributed by atoms with E-state index in [9.17, 15) is 18.0 Å². The van der Waals surface area contributed by atoms with Crippen molar-refractivity contribution in [3.8, 4) is 11.3 Å². The second-order valence-corrected chi connectivity index (χ2v) is 7.54. The molecule has 7 heteroatoms. The molecule has 162 valence electrons. The van der Waals surface area contributed by atoms with E-state index < -0.39 is 17.6 Å². The molecule has 2 aromatic heterocycles. The highest BCUT2D eigenvalue weighted by Gasteiger charge is 2.29. The molecule has 4 nitrogen and oxygen atoms in total. The van der Waals surface area contributed by atoms with Crippen molar-refractivity contribution in [2.24, 2.45) is 0 Å². The summed E-state index contributed by atoms with van der Waals surface area (Å²) in [4.78, 5) is 17.2. The number of hydrogen-bond donors (Lipinski definition) is 1. The molecule has 0 unspecified atom stereocenters. The van der Waals surface area contributed by atoms with Crippen LogP contribution >= 0.6 is 0 Å². The molecule has 0 aliphatic rings. The van der Waals surface area contributed by atoms with Gasteiger partial charge in [0.2, 0.25) is 5.91 Å². The summed E-state index contributed by atoms with van der Waals surface area (Å²) in [5.74, 6) is -0.457. The second-order valence-electron chi connectivity index (χ2n) is 7.54. The number of rotatable bonds is 4. The number of benzene rings is 2. The normalized spacial score (nSPS) is 11.9. The van der Waals surface area contributed by atoms with Crippen molar-refractivity contribution in [1.29, 1.82) is 0 Å². The Kier molecular flexibility index (Phi) is 5.57. The SMILES string of the molecule is Cc1ccc(-c2nc3cc(C)ccn3c2/C=C/C(=O)Nc2ccc(C(F)(F)F)cc2)cc1. The van der Waals surface area contributed by atoms with Crippen molar-refractivity contribution in [1.82, 2.24) is 9.38 Å². The molecule has 32 heavy (non-hydrogen) atoms. The van der Waals surface area contributed by atoms with Crippen LogP contribution in [0.3, 0.4) is 0 Å². The molecule has 0 saturated carbocycles. The summed E-state index contributed by atoms with van der Waals surface area (Å²) in [6.07, 6.45) is 0.474. The van der Waals surface area contributed by atoms with Crippen LogP contribution in [0.2, 0.25) is 0 Å². The highest BCUT2D eigenvalue weighted by molar-refractivity contribution is 6.02. The molecule has 2 heterocycles. The average Bonchev–Trinajstić information content (AvgIpc) is 3.10. The monoisotopic (exact) mass is 435 g/mol. The molecule has 4 rings (SSSR count). The number of aromatic nitrogens is 2. The fourth-order valence-corrected chi connectivity index (χ4v) is 3.33. The van der Waals surface area contributed by atoms with Gasteiger partial charge >= 0.3 is 6.18 Å². The average molecular weight is 435 g/mol. The summed E-state index contributed by atoms with van der Waals surface area (Å²) in [5, 5.41) is 2.58. The van der Waals surface area contributed by atoms with Gasteiger partial charge in [-0.2, -0.15) is 13.2 Å². The van der Waals surface area contributed by atoms with Crippen LogP contribution in [-0.2, 0) is 11.0 Å². The Hall–Kier alpha value is -3.87. The molecule has 2 aromatic carbocycles. The van der Waals surface area contributed by atoms with Gasteiger partial charge in [-0.3, -0.25) is 9.20 Å². The van der Waals surface area contributed by atoms with E-state index >= 15 is 0 Å². The van der Waals surface area contributed by atoms with E-state index in [1.807, 2.05) is 60.8 Å². The lowest BCUT2D eigenvalue weighted by molar-refractivity contribution is -0.137. The third-order valence-corrected chi connectivity index (χ3v) is 5.02. The number of alkyl halides is 3. The third-order valence-electron chi connectivity index (χ3n) is 5.02. The molecule has 0 spiro atoms. The van der Waals surface area contributed by atoms with E-state index in [4.69, 9.17) is 4.98 Å². The number of nitrogens with one attached hydrogen (secondary N) is 1. The van der Waals surface area contributed by atoms with Gasteiger partial charge in [0.1, 0.15) is 5.65 Å². The Bertz CT molecular complexity index is 1300. The first-order chi connectivity index (χ1) is 15.2. The first-order valence-corrected chi connectivity index (χ1v) is 9.93. The molecular weight excluding hydrogens is 415 g/mol. The molecule has 1 amide bonds. The predicted molar refractivity (Wildman–Crippen MR) is 119 cm³/mol. The number of fused-ring (bicyclic) bond motifs is 1. The van der Waals surface area contributed by atoms with Crippen LogP contribution in [-0.4, -0.2) is 15.3 Å². The van der Waals surface area contributed by atoms with Gasteiger partial charge in [0, 0.05) is 23.5 Å². The highest BCUT2D eigenvalue weighted by atomic mass is 19.4. The number of anilines is 1. The summed E-state index contributed by atoms with van der Waals surface area (Å²) in [6, 6.07) is 16.2. The maximum atomic E-state index is 12.7. The Morgan fingerprint density at radius 1 is 0.969 bits per heavy atom. The number of nitrogens with zero attached hydrogens (tertiary/aromatic N) is 2. The van der Waals surface area contributed by atoms with Crippen molar-refractivity contribution >= 4 is 23.3 Å². The summed E-state index contributed by atoms with van der Waals surface area (Å²) in [7, 11) is 0. The maximum Gasteiger partial charge on any atom is 0.416 e. The largest absolute Gasteiger partial charge is 0.416 e. The minimum Gasteiger partial charge on any atom is -0.323 e. The van der Waals surface area contributed by atoms with E-state index in [-0.39, 0.29) is 5.69 Å². The van der Waals surface area contributed by atoms with Gasteiger partial charge < -0.3 is 5.32 Å². The molecule has 0 radical (unpaired) electrons. The molecule has 0 aliphatic heterocycles. The van der Waals surface area contributed by atoms with Crippen molar-refractivity contribution in [2.45, 2.75) is 20.0 Å². The van der Waals surface area contributed by atoms with Crippen molar-refractivity contribution in [3.63, 3.8) is 0 Å². The van der Waals surface area contributed by atoms with Crippen LogP contribution in [0.15, 0.2) is 72.9 Å². The minimum absolute atomic E-state index is 0.278. The maximum absolute atomic E-state index is 12.7. The van der Waals surface area contributed by atoms with E-state index in [0.29, 0.717) is 0 Å². The van der Waals surface area contributed by atoms with E-state index in [1.54, 1.807) is 6.08 Å². The lowest BCUT2D eigenvalue weighted by atomic mass is 10.1. The first kappa shape index (κ1) is 21.4. The quantitative estimate of drug-likeness (QED) is 0.383. The molecule has 0 saturated heterocycles. The van der Waals surface area contributed by atoms with Crippen LogP contribution in [0.4, 0.5) is 18.9 Å². The number of aryl methyl sites for hydroxylation is 2. The minimum atomic E-state index is -4.42. The van der Waals surface area contributed by atoms with Gasteiger partial charge in [-0.25, -0.2) is 4.98 Å². The summed E-state index contributed by atoms with van der Waals surface area (Å²) in [6.45, 7) is 3.98. The third kappa shape index (κ3) is 4.56. The Morgan fingerprint density at radius 2 is 1.66 bits per heavy atom. The van der Waals surface area contributed by atoms with E-state index in [2.05, 4.69) is 5.32 Å². The number of carbonyl (C=O) groups excluding carboxylic acids is 1. The molecular formula is C25H20F3N3O. The number of amides is 1. The summed E-state index contributed by atoms with van der Waals surface area (Å²) >= 11 is 0. The van der Waals surface area contributed by atoms with E-state index in [0.717, 1.165) is 45.9 Å². The Morgan fingerprint density at radius 3 is 2.31 bits per heavy atom. The van der Waals surface area contributed by atoms with Crippen LogP contribution in [0, 0.1) is 13.8 Å². The predicted octanol–water partition coefficient (Wildman–Crippen LogP) is 6.29. The van der Waals surface area contributed by atoms with Crippen LogP contribution in [0.25, 0.3) is 23.0 Å². The second kappa shape index (κ2) is 8.34. The zero-order valence-corrected chi connectivity index (χ0v) is 17.4. The van der Waals surface area contributed by atoms with Gasteiger partial charge in [-0.15, -0.1) is 0 Å². The van der Waals surface area contributed by atoms with Gasteiger partial charge in [0.05, 0.1) is 17.0 Å². The Labute approximate surface area is 183 Å². The topological polar surface area (TPSA) is 46.4 Å². The van der Waals surface area contributed by atoms with Crippen LogP contribution < -0.4 is 5.32 Å². The standard InChI is InChI=1S/C25H20F3N3O/c1-16-3-5-18(6-4-16)24-21(31-14-13-17(2)15-22(31)30-24)11-12-23(32)29-20-9-7-19(8-10-20)25(26,27)28/h3-15H,1-2H3,(H,29,32)/b12-11+. The number of imidazole rings is 1. The number of hydrogen-bond acceptors (Lipinski definition) is 2. The van der Waals surface area contributed by atoms with E-state index in [1.165, 1.54) is 18.2 Å². The fraction of sp³-hybridized carbons (Fsp3) is 0.120. The molecule has 1 N–H and O–H groups in total.